The summed E-state index contributed by atoms with van der Waals surface area (Å²) in [5, 5.41) is 11.2. The van der Waals surface area contributed by atoms with E-state index in [0.717, 1.165) is 19.0 Å². The highest BCUT2D eigenvalue weighted by molar-refractivity contribution is 7.10. The van der Waals surface area contributed by atoms with Crippen molar-refractivity contribution in [3.63, 3.8) is 0 Å². The van der Waals surface area contributed by atoms with E-state index in [2.05, 4.69) is 83.5 Å². The van der Waals surface area contributed by atoms with Crippen LogP contribution in [0.5, 0.6) is 0 Å². The van der Waals surface area contributed by atoms with Gasteiger partial charge in [0.15, 0.2) is 5.96 Å². The van der Waals surface area contributed by atoms with Gasteiger partial charge in [-0.3, -0.25) is 4.99 Å². The van der Waals surface area contributed by atoms with Gasteiger partial charge in [0.25, 0.3) is 0 Å². The maximum Gasteiger partial charge on any atom is 0.191 e. The molecule has 2 aromatic rings. The van der Waals surface area contributed by atoms with E-state index in [1.165, 1.54) is 9.75 Å². The molecule has 6 heteroatoms. The number of hydrogen-bond donors (Lipinski definition) is 2. The van der Waals surface area contributed by atoms with Crippen LogP contribution in [0.2, 0.25) is 0 Å². The Hall–Kier alpha value is -1.37. The first kappa shape index (κ1) is 19.0. The van der Waals surface area contributed by atoms with Crippen molar-refractivity contribution < 1.29 is 0 Å². The van der Waals surface area contributed by atoms with Crippen LogP contribution in [0, 0.1) is 0 Å². The van der Waals surface area contributed by atoms with Gasteiger partial charge < -0.3 is 15.5 Å². The van der Waals surface area contributed by atoms with Crippen molar-refractivity contribution in [2.75, 3.05) is 34.2 Å². The fraction of sp³-hybridized carbons (Fsp3) is 0.500. The van der Waals surface area contributed by atoms with Crippen molar-refractivity contribution in [2.24, 2.45) is 4.99 Å². The van der Waals surface area contributed by atoms with Crippen LogP contribution in [0.3, 0.4) is 0 Å². The second-order valence-electron chi connectivity index (χ2n) is 6.66. The number of nitrogens with one attached hydrogen (secondary N) is 2. The highest BCUT2D eigenvalue weighted by Crippen LogP contribution is 2.26. The predicted octanol–water partition coefficient (Wildman–Crippen LogP) is 3.56. The molecule has 0 saturated heterocycles. The quantitative estimate of drug-likeness (QED) is 0.583. The van der Waals surface area contributed by atoms with Crippen molar-refractivity contribution in [1.82, 2.24) is 15.5 Å². The first-order valence-corrected chi connectivity index (χ1v) is 9.88. The Morgan fingerprint density at radius 2 is 1.88 bits per heavy atom. The van der Waals surface area contributed by atoms with Gasteiger partial charge in [0, 0.05) is 35.3 Å². The standard InChI is InChI=1S/C18H28N4S2/c1-18(2,16-9-7-11-24-16)13-21-17(19-3)20-12-14(22(4)5)15-8-6-10-23-15/h6-11,14H,12-13H2,1-5H3,(H2,19,20,21). The van der Waals surface area contributed by atoms with Gasteiger partial charge in [-0.25, -0.2) is 0 Å². The van der Waals surface area contributed by atoms with E-state index in [1.807, 2.05) is 7.05 Å². The SMILES string of the molecule is CN=C(NCC(c1cccs1)N(C)C)NCC(C)(C)c1cccs1. The van der Waals surface area contributed by atoms with Gasteiger partial charge in [-0.1, -0.05) is 26.0 Å². The first-order valence-electron chi connectivity index (χ1n) is 8.12. The molecule has 0 fully saturated rings. The maximum atomic E-state index is 4.37. The largest absolute Gasteiger partial charge is 0.356 e. The Labute approximate surface area is 153 Å². The molecule has 2 aromatic heterocycles. The van der Waals surface area contributed by atoms with Crippen molar-refractivity contribution >= 4 is 28.6 Å². The summed E-state index contributed by atoms with van der Waals surface area (Å²) in [4.78, 5) is 9.35. The molecule has 0 amide bonds. The normalized spacial score (nSPS) is 14.0. The topological polar surface area (TPSA) is 39.7 Å². The van der Waals surface area contributed by atoms with E-state index in [0.29, 0.717) is 6.04 Å². The number of rotatable bonds is 7. The van der Waals surface area contributed by atoms with Crippen LogP contribution >= 0.6 is 22.7 Å². The van der Waals surface area contributed by atoms with Gasteiger partial charge in [0.1, 0.15) is 0 Å². The first-order chi connectivity index (χ1) is 11.4. The minimum absolute atomic E-state index is 0.0838. The Kier molecular flexibility index (Phi) is 6.83. The second kappa shape index (κ2) is 8.65. The number of guanidine groups is 1. The third-order valence-corrected chi connectivity index (χ3v) is 6.28. The summed E-state index contributed by atoms with van der Waals surface area (Å²) in [6.45, 7) is 6.19. The number of thiophene rings is 2. The number of nitrogens with zero attached hydrogens (tertiary/aromatic N) is 2. The third kappa shape index (κ3) is 5.06. The lowest BCUT2D eigenvalue weighted by Gasteiger charge is -2.27. The van der Waals surface area contributed by atoms with E-state index in [-0.39, 0.29) is 5.41 Å². The monoisotopic (exact) mass is 364 g/mol. The predicted molar refractivity (Wildman–Crippen MR) is 107 cm³/mol. The molecule has 1 atom stereocenters. The average Bonchev–Trinajstić information content (AvgIpc) is 3.23. The Morgan fingerprint density at radius 1 is 1.17 bits per heavy atom. The molecule has 132 valence electrons. The summed E-state index contributed by atoms with van der Waals surface area (Å²) in [5.41, 5.74) is 0.0838. The molecule has 4 nitrogen and oxygen atoms in total. The van der Waals surface area contributed by atoms with Gasteiger partial charge in [-0.05, 0) is 37.0 Å². The number of hydrogen-bond acceptors (Lipinski definition) is 4. The molecule has 2 heterocycles. The molecule has 0 bridgehead atoms. The van der Waals surface area contributed by atoms with Crippen LogP contribution in [0.25, 0.3) is 0 Å². The molecule has 0 aliphatic rings. The zero-order valence-corrected chi connectivity index (χ0v) is 16.8. The molecule has 0 aliphatic carbocycles. The molecule has 2 N–H and O–H groups in total. The minimum atomic E-state index is 0.0838. The zero-order valence-electron chi connectivity index (χ0n) is 15.2. The lowest BCUT2D eigenvalue weighted by atomic mass is 9.91. The summed E-state index contributed by atoms with van der Waals surface area (Å²) < 4.78 is 0. The summed E-state index contributed by atoms with van der Waals surface area (Å²) in [7, 11) is 6.05. The Bertz CT molecular complexity index is 616. The lowest BCUT2D eigenvalue weighted by molar-refractivity contribution is 0.302. The average molecular weight is 365 g/mol. The fourth-order valence-corrected chi connectivity index (χ4v) is 4.26. The minimum Gasteiger partial charge on any atom is -0.356 e. The van der Waals surface area contributed by atoms with E-state index in [4.69, 9.17) is 0 Å². The zero-order chi connectivity index (χ0) is 17.6. The Balaban J connectivity index is 1.90. The van der Waals surface area contributed by atoms with Crippen molar-refractivity contribution in [3.05, 3.63) is 44.8 Å². The van der Waals surface area contributed by atoms with Gasteiger partial charge in [-0.15, -0.1) is 22.7 Å². The molecular weight excluding hydrogens is 336 g/mol. The van der Waals surface area contributed by atoms with Gasteiger partial charge in [-0.2, -0.15) is 0 Å². The van der Waals surface area contributed by atoms with Gasteiger partial charge >= 0.3 is 0 Å². The van der Waals surface area contributed by atoms with Crippen molar-refractivity contribution in [3.8, 4) is 0 Å². The molecule has 0 radical (unpaired) electrons. The Morgan fingerprint density at radius 3 is 2.42 bits per heavy atom. The highest BCUT2D eigenvalue weighted by Gasteiger charge is 2.22. The molecule has 0 saturated carbocycles. The van der Waals surface area contributed by atoms with E-state index < -0.39 is 0 Å². The van der Waals surface area contributed by atoms with E-state index in [1.54, 1.807) is 22.7 Å². The molecule has 0 aliphatic heterocycles. The fourth-order valence-electron chi connectivity index (χ4n) is 2.49. The summed E-state index contributed by atoms with van der Waals surface area (Å²) in [6.07, 6.45) is 0. The van der Waals surface area contributed by atoms with Crippen LogP contribution < -0.4 is 10.6 Å². The molecule has 1 unspecified atom stereocenters. The number of likely N-dealkylation sites (N-methyl/N-ethyl adjacent to an activating group) is 1. The molecular formula is C18H28N4S2. The molecule has 24 heavy (non-hydrogen) atoms. The highest BCUT2D eigenvalue weighted by atomic mass is 32.1. The van der Waals surface area contributed by atoms with Crippen molar-refractivity contribution in [2.45, 2.75) is 25.3 Å². The van der Waals surface area contributed by atoms with E-state index in [9.17, 15) is 0 Å². The summed E-state index contributed by atoms with van der Waals surface area (Å²) in [6, 6.07) is 8.94. The smallest absolute Gasteiger partial charge is 0.191 e. The van der Waals surface area contributed by atoms with Gasteiger partial charge in [0.2, 0.25) is 0 Å². The molecule has 0 aromatic carbocycles. The van der Waals surface area contributed by atoms with Gasteiger partial charge in [0.05, 0.1) is 6.04 Å². The molecule has 0 spiro atoms. The summed E-state index contributed by atoms with van der Waals surface area (Å²) >= 11 is 3.60. The molecule has 2 rings (SSSR count). The van der Waals surface area contributed by atoms with Crippen LogP contribution in [0.1, 0.15) is 29.6 Å². The van der Waals surface area contributed by atoms with Crippen LogP contribution in [0.4, 0.5) is 0 Å². The van der Waals surface area contributed by atoms with Crippen LogP contribution in [-0.2, 0) is 5.41 Å². The van der Waals surface area contributed by atoms with Crippen LogP contribution in [0.15, 0.2) is 40.0 Å². The van der Waals surface area contributed by atoms with Crippen molar-refractivity contribution in [1.29, 1.82) is 0 Å². The summed E-state index contributed by atoms with van der Waals surface area (Å²) in [5.74, 6) is 0.850. The van der Waals surface area contributed by atoms with E-state index >= 15 is 0 Å². The van der Waals surface area contributed by atoms with Crippen LogP contribution in [-0.4, -0.2) is 45.1 Å². The number of aliphatic imine (C=N–C) groups is 1. The third-order valence-electron chi connectivity index (χ3n) is 4.07. The lowest BCUT2D eigenvalue weighted by Crippen LogP contribution is -2.45. The maximum absolute atomic E-state index is 4.37. The second-order valence-corrected chi connectivity index (χ2v) is 8.59.